The summed E-state index contributed by atoms with van der Waals surface area (Å²) in [4.78, 5) is 2.60. The lowest BCUT2D eigenvalue weighted by atomic mass is 9.98. The van der Waals surface area contributed by atoms with Gasteiger partial charge in [0.2, 0.25) is 0 Å². The number of nitrogens with zero attached hydrogens (tertiary/aromatic N) is 1. The highest BCUT2D eigenvalue weighted by Gasteiger charge is 2.26. The van der Waals surface area contributed by atoms with Gasteiger partial charge in [-0.1, -0.05) is 33.1 Å². The van der Waals surface area contributed by atoms with Gasteiger partial charge in [0.25, 0.3) is 0 Å². The van der Waals surface area contributed by atoms with Crippen LogP contribution < -0.4 is 5.32 Å². The lowest BCUT2D eigenvalue weighted by Gasteiger charge is -2.40. The van der Waals surface area contributed by atoms with Crippen LogP contribution in [0.15, 0.2) is 0 Å². The topological polar surface area (TPSA) is 24.5 Å². The molecular formula is C16H32N2O. The Hall–Kier alpha value is -0.120. The van der Waals surface area contributed by atoms with Crippen molar-refractivity contribution >= 4 is 0 Å². The van der Waals surface area contributed by atoms with Gasteiger partial charge >= 0.3 is 0 Å². The maximum absolute atomic E-state index is 6.07. The van der Waals surface area contributed by atoms with Crippen LogP contribution in [0.25, 0.3) is 0 Å². The summed E-state index contributed by atoms with van der Waals surface area (Å²) in [7, 11) is 0. The molecule has 0 aromatic heterocycles. The molecular weight excluding hydrogens is 236 g/mol. The fourth-order valence-corrected chi connectivity index (χ4v) is 3.27. The van der Waals surface area contributed by atoms with Crippen molar-refractivity contribution in [3.8, 4) is 0 Å². The monoisotopic (exact) mass is 268 g/mol. The van der Waals surface area contributed by atoms with E-state index in [4.69, 9.17) is 4.74 Å². The van der Waals surface area contributed by atoms with E-state index < -0.39 is 0 Å². The maximum Gasteiger partial charge on any atom is 0.0597 e. The molecule has 2 atom stereocenters. The molecule has 2 aliphatic rings. The summed E-state index contributed by atoms with van der Waals surface area (Å²) in [6.45, 7) is 11.3. The molecule has 2 rings (SSSR count). The standard InChI is InChI=1S/C16H32N2O/c1-13(2)16-12-18(14(3)11-17-16)9-10-19-15-7-5-4-6-8-15/h13-17H,4-12H2,1-3H3. The minimum absolute atomic E-state index is 0.549. The first-order valence-corrected chi connectivity index (χ1v) is 8.26. The van der Waals surface area contributed by atoms with Crippen molar-refractivity contribution in [2.75, 3.05) is 26.2 Å². The first-order valence-electron chi connectivity index (χ1n) is 8.26. The largest absolute Gasteiger partial charge is 0.377 e. The smallest absolute Gasteiger partial charge is 0.0597 e. The molecule has 3 nitrogen and oxygen atoms in total. The molecule has 2 fully saturated rings. The second kappa shape index (κ2) is 7.61. The zero-order valence-corrected chi connectivity index (χ0v) is 13.0. The van der Waals surface area contributed by atoms with E-state index in [1.807, 2.05) is 0 Å². The summed E-state index contributed by atoms with van der Waals surface area (Å²) in [5.74, 6) is 0.717. The van der Waals surface area contributed by atoms with Gasteiger partial charge in [-0.25, -0.2) is 0 Å². The minimum Gasteiger partial charge on any atom is -0.377 e. The molecule has 0 aromatic rings. The summed E-state index contributed by atoms with van der Waals surface area (Å²) < 4.78 is 6.07. The van der Waals surface area contributed by atoms with Crippen LogP contribution in [0.3, 0.4) is 0 Å². The van der Waals surface area contributed by atoms with E-state index in [1.165, 1.54) is 38.6 Å². The van der Waals surface area contributed by atoms with Crippen molar-refractivity contribution in [2.45, 2.75) is 71.1 Å². The SMILES string of the molecule is CC(C)C1CN(CCOC2CCCCC2)C(C)CN1. The van der Waals surface area contributed by atoms with Crippen molar-refractivity contribution in [1.82, 2.24) is 10.2 Å². The molecule has 1 N–H and O–H groups in total. The average molecular weight is 268 g/mol. The second-order valence-corrected chi connectivity index (χ2v) is 6.73. The molecule has 1 heterocycles. The molecule has 112 valence electrons. The molecule has 0 amide bonds. The number of hydrogen-bond donors (Lipinski definition) is 1. The van der Waals surface area contributed by atoms with Crippen LogP contribution in [-0.2, 0) is 4.74 Å². The molecule has 1 saturated heterocycles. The van der Waals surface area contributed by atoms with Gasteiger partial charge < -0.3 is 10.1 Å². The highest BCUT2D eigenvalue weighted by atomic mass is 16.5. The van der Waals surface area contributed by atoms with Gasteiger partial charge in [0.1, 0.15) is 0 Å². The quantitative estimate of drug-likeness (QED) is 0.829. The van der Waals surface area contributed by atoms with Crippen molar-refractivity contribution in [2.24, 2.45) is 5.92 Å². The third-order valence-electron chi connectivity index (χ3n) is 4.82. The summed E-state index contributed by atoms with van der Waals surface area (Å²) in [5.41, 5.74) is 0. The second-order valence-electron chi connectivity index (χ2n) is 6.73. The number of nitrogens with one attached hydrogen (secondary N) is 1. The van der Waals surface area contributed by atoms with Crippen LogP contribution in [0.4, 0.5) is 0 Å². The predicted octanol–water partition coefficient (Wildman–Crippen LogP) is 2.65. The maximum atomic E-state index is 6.07. The number of ether oxygens (including phenoxy) is 1. The Morgan fingerprint density at radius 2 is 1.95 bits per heavy atom. The van der Waals surface area contributed by atoms with E-state index in [0.717, 1.165) is 19.7 Å². The number of hydrogen-bond acceptors (Lipinski definition) is 3. The fraction of sp³-hybridized carbons (Fsp3) is 1.00. The Morgan fingerprint density at radius 1 is 1.21 bits per heavy atom. The molecule has 1 saturated carbocycles. The van der Waals surface area contributed by atoms with Crippen LogP contribution in [-0.4, -0.2) is 49.3 Å². The lowest BCUT2D eigenvalue weighted by molar-refractivity contribution is 0.00377. The van der Waals surface area contributed by atoms with Crippen molar-refractivity contribution in [1.29, 1.82) is 0 Å². The predicted molar refractivity (Wildman–Crippen MR) is 80.5 cm³/mol. The molecule has 19 heavy (non-hydrogen) atoms. The highest BCUT2D eigenvalue weighted by Crippen LogP contribution is 2.20. The lowest BCUT2D eigenvalue weighted by Crippen LogP contribution is -2.57. The van der Waals surface area contributed by atoms with E-state index in [-0.39, 0.29) is 0 Å². The van der Waals surface area contributed by atoms with Crippen molar-refractivity contribution in [3.05, 3.63) is 0 Å². The zero-order valence-electron chi connectivity index (χ0n) is 13.0. The minimum atomic E-state index is 0.549. The van der Waals surface area contributed by atoms with Gasteiger partial charge in [0.05, 0.1) is 12.7 Å². The van der Waals surface area contributed by atoms with Gasteiger partial charge in [0.15, 0.2) is 0 Å². The Kier molecular flexibility index (Phi) is 6.11. The molecule has 0 bridgehead atoms. The molecule has 3 heteroatoms. The van der Waals surface area contributed by atoms with Crippen molar-refractivity contribution < 1.29 is 4.74 Å². The normalized spacial score (nSPS) is 30.9. The van der Waals surface area contributed by atoms with E-state index in [0.29, 0.717) is 24.1 Å². The first-order chi connectivity index (χ1) is 9.16. The third-order valence-corrected chi connectivity index (χ3v) is 4.82. The summed E-state index contributed by atoms with van der Waals surface area (Å²) in [6.07, 6.45) is 7.25. The number of rotatable bonds is 5. The van der Waals surface area contributed by atoms with Crippen LogP contribution in [0.2, 0.25) is 0 Å². The summed E-state index contributed by atoms with van der Waals surface area (Å²) >= 11 is 0. The van der Waals surface area contributed by atoms with Gasteiger partial charge in [-0.3, -0.25) is 4.90 Å². The zero-order chi connectivity index (χ0) is 13.7. The van der Waals surface area contributed by atoms with Crippen LogP contribution in [0.1, 0.15) is 52.9 Å². The fourth-order valence-electron chi connectivity index (χ4n) is 3.27. The molecule has 1 aliphatic heterocycles. The summed E-state index contributed by atoms with van der Waals surface area (Å²) in [5, 5.41) is 3.66. The Morgan fingerprint density at radius 3 is 2.63 bits per heavy atom. The van der Waals surface area contributed by atoms with Crippen LogP contribution in [0.5, 0.6) is 0 Å². The summed E-state index contributed by atoms with van der Waals surface area (Å²) in [6, 6.07) is 1.29. The average Bonchev–Trinajstić information content (AvgIpc) is 2.42. The Labute approximate surface area is 119 Å². The van der Waals surface area contributed by atoms with Gasteiger partial charge in [0, 0.05) is 31.7 Å². The van der Waals surface area contributed by atoms with Gasteiger partial charge in [-0.05, 0) is 25.7 Å². The van der Waals surface area contributed by atoms with E-state index in [9.17, 15) is 0 Å². The highest BCUT2D eigenvalue weighted by molar-refractivity contribution is 4.85. The molecule has 2 unspecified atom stereocenters. The van der Waals surface area contributed by atoms with Crippen molar-refractivity contribution in [3.63, 3.8) is 0 Å². The third kappa shape index (κ3) is 4.73. The van der Waals surface area contributed by atoms with E-state index in [2.05, 4.69) is 31.0 Å². The van der Waals surface area contributed by atoms with Crippen LogP contribution >= 0.6 is 0 Å². The Balaban J connectivity index is 1.68. The molecule has 0 aromatic carbocycles. The molecule has 1 aliphatic carbocycles. The van der Waals surface area contributed by atoms with E-state index in [1.54, 1.807) is 0 Å². The van der Waals surface area contributed by atoms with Crippen LogP contribution in [0, 0.1) is 5.92 Å². The van der Waals surface area contributed by atoms with E-state index >= 15 is 0 Å². The molecule has 0 spiro atoms. The van der Waals surface area contributed by atoms with Gasteiger partial charge in [-0.2, -0.15) is 0 Å². The van der Waals surface area contributed by atoms with Gasteiger partial charge in [-0.15, -0.1) is 0 Å². The first kappa shape index (κ1) is 15.3. The molecule has 0 radical (unpaired) electrons. The number of piperazine rings is 1. The Bertz CT molecular complexity index is 251.